The monoisotopic (exact) mass is 197 g/mol. The van der Waals surface area contributed by atoms with Gasteiger partial charge in [0, 0.05) is 38.6 Å². The summed E-state index contributed by atoms with van der Waals surface area (Å²) in [5, 5.41) is 6.79. The number of carbonyl (C=O) groups is 1. The van der Waals surface area contributed by atoms with Gasteiger partial charge in [0.15, 0.2) is 0 Å². The summed E-state index contributed by atoms with van der Waals surface area (Å²) in [6.45, 7) is 4.99. The minimum absolute atomic E-state index is 0.330. The van der Waals surface area contributed by atoms with Crippen molar-refractivity contribution in [2.24, 2.45) is 0 Å². The smallest absolute Gasteiger partial charge is 0.222 e. The van der Waals surface area contributed by atoms with E-state index in [0.29, 0.717) is 11.9 Å². The summed E-state index contributed by atoms with van der Waals surface area (Å²) in [5.41, 5.74) is 0. The molecule has 80 valence electrons. The van der Waals surface area contributed by atoms with Gasteiger partial charge >= 0.3 is 0 Å². The van der Waals surface area contributed by atoms with Crippen LogP contribution in [0.5, 0.6) is 0 Å². The number of rotatable bonds is 4. The van der Waals surface area contributed by atoms with Crippen LogP contribution in [0, 0.1) is 0 Å². The first-order valence-electron chi connectivity index (χ1n) is 5.58. The Morgan fingerprint density at radius 2 is 2.50 bits per heavy atom. The van der Waals surface area contributed by atoms with Gasteiger partial charge in [-0.2, -0.15) is 0 Å². The molecule has 2 aliphatic rings. The third-order valence-corrected chi connectivity index (χ3v) is 3.05. The van der Waals surface area contributed by atoms with Crippen molar-refractivity contribution in [1.82, 2.24) is 15.5 Å². The van der Waals surface area contributed by atoms with Gasteiger partial charge in [0.05, 0.1) is 0 Å². The summed E-state index contributed by atoms with van der Waals surface area (Å²) in [6.07, 6.45) is 3.02. The van der Waals surface area contributed by atoms with Crippen LogP contribution < -0.4 is 10.6 Å². The molecule has 14 heavy (non-hydrogen) atoms. The van der Waals surface area contributed by atoms with Crippen molar-refractivity contribution in [2.75, 3.05) is 32.7 Å². The Bertz CT molecular complexity index is 202. The molecular weight excluding hydrogens is 178 g/mol. The fraction of sp³-hybridized carbons (Fsp3) is 0.900. The Balaban J connectivity index is 1.60. The van der Waals surface area contributed by atoms with Crippen LogP contribution in [-0.2, 0) is 4.79 Å². The number of amides is 1. The van der Waals surface area contributed by atoms with Crippen LogP contribution in [0.4, 0.5) is 0 Å². The van der Waals surface area contributed by atoms with E-state index < -0.39 is 0 Å². The van der Waals surface area contributed by atoms with Gasteiger partial charge in [-0.3, -0.25) is 4.79 Å². The Labute approximate surface area is 85.0 Å². The summed E-state index contributed by atoms with van der Waals surface area (Å²) in [4.78, 5) is 13.3. The highest BCUT2D eigenvalue weighted by Crippen LogP contribution is 2.08. The lowest BCUT2D eigenvalue weighted by molar-refractivity contribution is -0.127. The summed E-state index contributed by atoms with van der Waals surface area (Å²) in [6, 6.07) is 0.618. The first-order valence-corrected chi connectivity index (χ1v) is 5.58. The summed E-state index contributed by atoms with van der Waals surface area (Å²) in [7, 11) is 0. The van der Waals surface area contributed by atoms with Crippen molar-refractivity contribution in [2.45, 2.75) is 25.3 Å². The third-order valence-electron chi connectivity index (χ3n) is 3.05. The summed E-state index contributed by atoms with van der Waals surface area (Å²) < 4.78 is 0. The number of hydrogen-bond acceptors (Lipinski definition) is 3. The average Bonchev–Trinajstić information content (AvgIpc) is 2.78. The van der Waals surface area contributed by atoms with Crippen LogP contribution in [0.1, 0.15) is 19.3 Å². The SMILES string of the molecule is O=C1CCCN1CCNC1CCNC1. The van der Waals surface area contributed by atoms with Crippen LogP contribution in [0.3, 0.4) is 0 Å². The van der Waals surface area contributed by atoms with E-state index >= 15 is 0 Å². The van der Waals surface area contributed by atoms with Crippen molar-refractivity contribution in [3.63, 3.8) is 0 Å². The number of nitrogens with zero attached hydrogens (tertiary/aromatic N) is 1. The number of nitrogens with one attached hydrogen (secondary N) is 2. The predicted molar refractivity (Wildman–Crippen MR) is 55.1 cm³/mol. The van der Waals surface area contributed by atoms with Crippen LogP contribution in [0.15, 0.2) is 0 Å². The fourth-order valence-corrected chi connectivity index (χ4v) is 2.17. The van der Waals surface area contributed by atoms with Crippen LogP contribution in [-0.4, -0.2) is 49.6 Å². The Morgan fingerprint density at radius 1 is 1.57 bits per heavy atom. The maximum absolute atomic E-state index is 11.3. The van der Waals surface area contributed by atoms with Crippen molar-refractivity contribution >= 4 is 5.91 Å². The number of likely N-dealkylation sites (tertiary alicyclic amines) is 1. The second-order valence-electron chi connectivity index (χ2n) is 4.13. The molecule has 4 heteroatoms. The topological polar surface area (TPSA) is 44.4 Å². The molecule has 2 N–H and O–H groups in total. The lowest BCUT2D eigenvalue weighted by Crippen LogP contribution is -2.38. The molecule has 2 heterocycles. The molecular formula is C10H19N3O. The van der Waals surface area contributed by atoms with Crippen molar-refractivity contribution in [3.05, 3.63) is 0 Å². The maximum atomic E-state index is 11.3. The molecule has 0 aromatic heterocycles. The van der Waals surface area contributed by atoms with Gasteiger partial charge in [0.25, 0.3) is 0 Å². The second kappa shape index (κ2) is 4.75. The van der Waals surface area contributed by atoms with E-state index in [2.05, 4.69) is 10.6 Å². The van der Waals surface area contributed by atoms with E-state index in [1.165, 1.54) is 6.42 Å². The molecule has 1 atom stereocenters. The van der Waals surface area contributed by atoms with E-state index in [4.69, 9.17) is 0 Å². The number of hydrogen-bond donors (Lipinski definition) is 2. The van der Waals surface area contributed by atoms with E-state index in [1.54, 1.807) is 0 Å². The van der Waals surface area contributed by atoms with Gasteiger partial charge in [-0.1, -0.05) is 0 Å². The second-order valence-corrected chi connectivity index (χ2v) is 4.13. The van der Waals surface area contributed by atoms with E-state index in [0.717, 1.165) is 45.6 Å². The molecule has 0 saturated carbocycles. The lowest BCUT2D eigenvalue weighted by Gasteiger charge is -2.17. The zero-order valence-corrected chi connectivity index (χ0v) is 8.59. The van der Waals surface area contributed by atoms with Gasteiger partial charge < -0.3 is 15.5 Å². The summed E-state index contributed by atoms with van der Waals surface area (Å²) in [5.74, 6) is 0.330. The van der Waals surface area contributed by atoms with Crippen molar-refractivity contribution < 1.29 is 4.79 Å². The molecule has 2 rings (SSSR count). The highest BCUT2D eigenvalue weighted by atomic mass is 16.2. The molecule has 2 fully saturated rings. The highest BCUT2D eigenvalue weighted by molar-refractivity contribution is 5.78. The van der Waals surface area contributed by atoms with Gasteiger partial charge in [0.1, 0.15) is 0 Å². The normalized spacial score (nSPS) is 27.6. The molecule has 0 radical (unpaired) electrons. The average molecular weight is 197 g/mol. The third kappa shape index (κ3) is 2.45. The lowest BCUT2D eigenvalue weighted by atomic mass is 10.2. The Kier molecular flexibility index (Phi) is 3.37. The molecule has 4 nitrogen and oxygen atoms in total. The zero-order chi connectivity index (χ0) is 9.80. The molecule has 2 aliphatic heterocycles. The molecule has 0 aromatic carbocycles. The summed E-state index contributed by atoms with van der Waals surface area (Å²) >= 11 is 0. The predicted octanol–water partition coefficient (Wildman–Crippen LogP) is -0.440. The first kappa shape index (κ1) is 9.93. The molecule has 0 spiro atoms. The van der Waals surface area contributed by atoms with Crippen LogP contribution >= 0.6 is 0 Å². The number of carbonyl (C=O) groups excluding carboxylic acids is 1. The quantitative estimate of drug-likeness (QED) is 0.642. The Morgan fingerprint density at radius 3 is 3.14 bits per heavy atom. The largest absolute Gasteiger partial charge is 0.341 e. The maximum Gasteiger partial charge on any atom is 0.222 e. The van der Waals surface area contributed by atoms with E-state index in [-0.39, 0.29) is 0 Å². The first-order chi connectivity index (χ1) is 6.86. The van der Waals surface area contributed by atoms with Crippen LogP contribution in [0.25, 0.3) is 0 Å². The molecule has 2 saturated heterocycles. The molecule has 0 bridgehead atoms. The highest BCUT2D eigenvalue weighted by Gasteiger charge is 2.20. The van der Waals surface area contributed by atoms with Gasteiger partial charge in [-0.15, -0.1) is 0 Å². The van der Waals surface area contributed by atoms with Gasteiger partial charge in [-0.05, 0) is 19.4 Å². The molecule has 0 aromatic rings. The standard InChI is InChI=1S/C10H19N3O/c14-10-2-1-6-13(10)7-5-12-9-3-4-11-8-9/h9,11-12H,1-8H2. The van der Waals surface area contributed by atoms with Gasteiger partial charge in [-0.25, -0.2) is 0 Å². The molecule has 0 aliphatic carbocycles. The van der Waals surface area contributed by atoms with E-state index in [1.807, 2.05) is 4.90 Å². The van der Waals surface area contributed by atoms with Crippen molar-refractivity contribution in [3.8, 4) is 0 Å². The molecule has 1 unspecified atom stereocenters. The molecule has 1 amide bonds. The Hall–Kier alpha value is -0.610. The fourth-order valence-electron chi connectivity index (χ4n) is 2.17. The van der Waals surface area contributed by atoms with Crippen LogP contribution in [0.2, 0.25) is 0 Å². The minimum atomic E-state index is 0.330. The van der Waals surface area contributed by atoms with E-state index in [9.17, 15) is 4.79 Å². The zero-order valence-electron chi connectivity index (χ0n) is 8.59. The van der Waals surface area contributed by atoms with Gasteiger partial charge in [0.2, 0.25) is 5.91 Å². The van der Waals surface area contributed by atoms with Crippen molar-refractivity contribution in [1.29, 1.82) is 0 Å². The minimum Gasteiger partial charge on any atom is -0.341 e.